The second-order valence-corrected chi connectivity index (χ2v) is 5.62. The van der Waals surface area contributed by atoms with Crippen LogP contribution in [0, 0.1) is 5.41 Å². The number of nitrogens with zero attached hydrogens (tertiary/aromatic N) is 2. The van der Waals surface area contributed by atoms with Crippen molar-refractivity contribution < 1.29 is 0 Å². The third kappa shape index (κ3) is 2.48. The lowest BCUT2D eigenvalue weighted by Crippen LogP contribution is -2.57. The first-order valence-electron chi connectivity index (χ1n) is 6.31. The minimum atomic E-state index is 0.125. The first-order chi connectivity index (χ1) is 8.40. The molecule has 0 aromatic heterocycles. The molecule has 18 heavy (non-hydrogen) atoms. The predicted molar refractivity (Wildman–Crippen MR) is 76.4 cm³/mol. The van der Waals surface area contributed by atoms with Crippen LogP contribution in [0.15, 0.2) is 24.3 Å². The lowest BCUT2D eigenvalue weighted by atomic mass is 9.99. The van der Waals surface area contributed by atoms with Crippen molar-refractivity contribution in [2.75, 3.05) is 31.6 Å². The number of nitrogens with two attached hydrogens (primary N) is 1. The Morgan fingerprint density at radius 3 is 2.33 bits per heavy atom. The van der Waals surface area contributed by atoms with Gasteiger partial charge in [0.15, 0.2) is 0 Å². The van der Waals surface area contributed by atoms with Gasteiger partial charge >= 0.3 is 0 Å². The average Bonchev–Trinajstić information content (AvgIpc) is 2.33. The topological polar surface area (TPSA) is 56.4 Å². The molecule has 0 saturated carbocycles. The summed E-state index contributed by atoms with van der Waals surface area (Å²) in [6.07, 6.45) is 0. The Labute approximate surface area is 109 Å². The quantitative estimate of drug-likeness (QED) is 0.614. The van der Waals surface area contributed by atoms with E-state index < -0.39 is 0 Å². The number of hydrogen-bond acceptors (Lipinski definition) is 3. The van der Waals surface area contributed by atoms with E-state index in [-0.39, 0.29) is 11.4 Å². The fourth-order valence-corrected chi connectivity index (χ4v) is 2.31. The van der Waals surface area contributed by atoms with Gasteiger partial charge < -0.3 is 10.6 Å². The van der Waals surface area contributed by atoms with Crippen LogP contribution in [0.1, 0.15) is 19.4 Å². The van der Waals surface area contributed by atoms with Crippen molar-refractivity contribution >= 4 is 11.5 Å². The molecule has 4 nitrogen and oxygen atoms in total. The van der Waals surface area contributed by atoms with Crippen molar-refractivity contribution in [3.05, 3.63) is 29.8 Å². The molecule has 0 bridgehead atoms. The molecular weight excluding hydrogens is 224 g/mol. The standard InChI is InChI=1S/C14H22N4/c1-14(2)10-18(9-8-17(14)3)12-6-4-11(5-7-12)13(15)16/h4-7H,8-10H2,1-3H3,(H3,15,16). The Balaban J connectivity index is 2.15. The van der Waals surface area contributed by atoms with Crippen LogP contribution in [-0.4, -0.2) is 43.0 Å². The smallest absolute Gasteiger partial charge is 0.122 e. The number of benzene rings is 1. The Morgan fingerprint density at radius 1 is 1.22 bits per heavy atom. The molecule has 1 aromatic carbocycles. The molecule has 0 amide bonds. The molecule has 1 heterocycles. The fraction of sp³-hybridized carbons (Fsp3) is 0.500. The minimum absolute atomic E-state index is 0.125. The molecule has 1 aliphatic rings. The zero-order valence-corrected chi connectivity index (χ0v) is 11.4. The SMILES string of the molecule is CN1CCN(c2ccc(C(=N)N)cc2)CC1(C)C. The van der Waals surface area contributed by atoms with Crippen molar-refractivity contribution in [3.8, 4) is 0 Å². The van der Waals surface area contributed by atoms with Gasteiger partial charge in [0, 0.05) is 36.4 Å². The van der Waals surface area contributed by atoms with Gasteiger partial charge in [-0.2, -0.15) is 0 Å². The normalized spacial score (nSPS) is 19.8. The summed E-state index contributed by atoms with van der Waals surface area (Å²) in [5.74, 6) is 0.125. The summed E-state index contributed by atoms with van der Waals surface area (Å²) >= 11 is 0. The predicted octanol–water partition coefficient (Wildman–Crippen LogP) is 1.50. The summed E-state index contributed by atoms with van der Waals surface area (Å²) in [6, 6.07) is 7.95. The molecule has 0 unspecified atom stereocenters. The summed E-state index contributed by atoms with van der Waals surface area (Å²) in [6.45, 7) is 7.66. The summed E-state index contributed by atoms with van der Waals surface area (Å²) in [5, 5.41) is 7.40. The van der Waals surface area contributed by atoms with E-state index >= 15 is 0 Å². The number of nitrogen functional groups attached to an aromatic ring is 1. The largest absolute Gasteiger partial charge is 0.384 e. The van der Waals surface area contributed by atoms with Gasteiger partial charge in [0.25, 0.3) is 0 Å². The lowest BCUT2D eigenvalue weighted by Gasteiger charge is -2.46. The van der Waals surface area contributed by atoms with E-state index in [0.717, 1.165) is 25.2 Å². The zero-order valence-electron chi connectivity index (χ0n) is 11.4. The van der Waals surface area contributed by atoms with Crippen molar-refractivity contribution in [1.82, 2.24) is 4.90 Å². The maximum atomic E-state index is 7.40. The monoisotopic (exact) mass is 246 g/mol. The van der Waals surface area contributed by atoms with E-state index in [9.17, 15) is 0 Å². The van der Waals surface area contributed by atoms with Gasteiger partial charge in [-0.15, -0.1) is 0 Å². The van der Waals surface area contributed by atoms with Gasteiger partial charge in [-0.3, -0.25) is 10.3 Å². The summed E-state index contributed by atoms with van der Waals surface area (Å²) in [7, 11) is 2.18. The van der Waals surface area contributed by atoms with Gasteiger partial charge in [-0.25, -0.2) is 0 Å². The van der Waals surface area contributed by atoms with Gasteiger partial charge in [0.05, 0.1) is 0 Å². The highest BCUT2D eigenvalue weighted by Crippen LogP contribution is 2.24. The molecule has 98 valence electrons. The first-order valence-corrected chi connectivity index (χ1v) is 6.31. The molecule has 1 saturated heterocycles. The Bertz CT molecular complexity index is 436. The molecule has 2 rings (SSSR count). The maximum absolute atomic E-state index is 7.40. The van der Waals surface area contributed by atoms with Crippen LogP contribution in [0.4, 0.5) is 5.69 Å². The lowest BCUT2D eigenvalue weighted by molar-refractivity contribution is 0.139. The summed E-state index contributed by atoms with van der Waals surface area (Å²) < 4.78 is 0. The maximum Gasteiger partial charge on any atom is 0.122 e. The Morgan fingerprint density at radius 2 is 1.83 bits per heavy atom. The van der Waals surface area contributed by atoms with Gasteiger partial charge in [0.2, 0.25) is 0 Å². The number of nitrogens with one attached hydrogen (secondary N) is 1. The third-order valence-electron chi connectivity index (χ3n) is 3.86. The van der Waals surface area contributed by atoms with Crippen LogP contribution in [0.3, 0.4) is 0 Å². The molecule has 1 fully saturated rings. The van der Waals surface area contributed by atoms with Gasteiger partial charge in [0.1, 0.15) is 5.84 Å². The van der Waals surface area contributed by atoms with E-state index in [1.54, 1.807) is 0 Å². The van der Waals surface area contributed by atoms with Crippen LogP contribution >= 0.6 is 0 Å². The Kier molecular flexibility index (Phi) is 3.30. The second kappa shape index (κ2) is 4.61. The summed E-state index contributed by atoms with van der Waals surface area (Å²) in [5.41, 5.74) is 7.65. The average molecular weight is 246 g/mol. The highest BCUT2D eigenvalue weighted by Gasteiger charge is 2.30. The molecule has 3 N–H and O–H groups in total. The molecule has 1 aliphatic heterocycles. The molecule has 1 aromatic rings. The number of amidine groups is 1. The third-order valence-corrected chi connectivity index (χ3v) is 3.86. The van der Waals surface area contributed by atoms with E-state index in [2.05, 4.69) is 42.8 Å². The highest BCUT2D eigenvalue weighted by molar-refractivity contribution is 5.95. The molecule has 0 radical (unpaired) electrons. The Hall–Kier alpha value is -1.55. The molecule has 4 heteroatoms. The van der Waals surface area contributed by atoms with E-state index in [0.29, 0.717) is 0 Å². The van der Waals surface area contributed by atoms with Crippen molar-refractivity contribution in [2.24, 2.45) is 5.73 Å². The molecule has 0 spiro atoms. The van der Waals surface area contributed by atoms with E-state index in [4.69, 9.17) is 11.1 Å². The number of anilines is 1. The van der Waals surface area contributed by atoms with Crippen LogP contribution in [0.2, 0.25) is 0 Å². The van der Waals surface area contributed by atoms with Gasteiger partial charge in [-0.1, -0.05) is 0 Å². The van der Waals surface area contributed by atoms with Crippen LogP contribution in [-0.2, 0) is 0 Å². The van der Waals surface area contributed by atoms with Crippen LogP contribution in [0.5, 0.6) is 0 Å². The van der Waals surface area contributed by atoms with Crippen molar-refractivity contribution in [3.63, 3.8) is 0 Å². The number of hydrogen-bond donors (Lipinski definition) is 2. The minimum Gasteiger partial charge on any atom is -0.384 e. The number of rotatable bonds is 2. The first kappa shape index (κ1) is 12.9. The molecular formula is C14H22N4. The highest BCUT2D eigenvalue weighted by atomic mass is 15.3. The van der Waals surface area contributed by atoms with Gasteiger partial charge in [-0.05, 0) is 45.2 Å². The van der Waals surface area contributed by atoms with Crippen molar-refractivity contribution in [1.29, 1.82) is 5.41 Å². The zero-order chi connectivity index (χ0) is 13.3. The van der Waals surface area contributed by atoms with Crippen LogP contribution < -0.4 is 10.6 Å². The van der Waals surface area contributed by atoms with E-state index in [1.165, 1.54) is 5.69 Å². The van der Waals surface area contributed by atoms with Crippen LogP contribution in [0.25, 0.3) is 0 Å². The number of likely N-dealkylation sites (N-methyl/N-ethyl adjacent to an activating group) is 1. The molecule has 0 atom stereocenters. The fourth-order valence-electron chi connectivity index (χ4n) is 2.31. The number of piperazine rings is 1. The van der Waals surface area contributed by atoms with E-state index in [1.807, 2.05) is 12.1 Å². The second-order valence-electron chi connectivity index (χ2n) is 5.62. The molecule has 0 aliphatic carbocycles. The summed E-state index contributed by atoms with van der Waals surface area (Å²) in [4.78, 5) is 4.79. The van der Waals surface area contributed by atoms with Crippen molar-refractivity contribution in [2.45, 2.75) is 19.4 Å².